The highest BCUT2D eigenvalue weighted by atomic mass is 16.3. The highest BCUT2D eigenvalue weighted by Crippen LogP contribution is 2.46. The van der Waals surface area contributed by atoms with Crippen LogP contribution >= 0.6 is 0 Å². The third-order valence-electron chi connectivity index (χ3n) is 5.70. The molecule has 0 amide bonds. The molecule has 0 saturated carbocycles. The van der Waals surface area contributed by atoms with E-state index < -0.39 is 0 Å². The van der Waals surface area contributed by atoms with Crippen LogP contribution < -0.4 is 5.32 Å². The Kier molecular flexibility index (Phi) is 3.66. The van der Waals surface area contributed by atoms with Gasteiger partial charge in [0.15, 0.2) is 0 Å². The topological polar surface area (TPSA) is 32.3 Å². The molecule has 0 bridgehead atoms. The number of aliphatic hydroxyl groups is 1. The van der Waals surface area contributed by atoms with Crippen molar-refractivity contribution in [1.29, 1.82) is 0 Å². The van der Waals surface area contributed by atoms with Gasteiger partial charge in [-0.3, -0.25) is 0 Å². The lowest BCUT2D eigenvalue weighted by molar-refractivity contribution is 0.137. The SMILES string of the molecule is CC1(C)CCC(C)(C)c2cc(C(O)C3CCCN3)ccc21. The molecule has 1 aromatic carbocycles. The molecule has 2 atom stereocenters. The van der Waals surface area contributed by atoms with E-state index in [4.69, 9.17) is 0 Å². The van der Waals surface area contributed by atoms with Crippen molar-refractivity contribution in [3.63, 3.8) is 0 Å². The third-order valence-corrected chi connectivity index (χ3v) is 5.70. The van der Waals surface area contributed by atoms with Crippen LogP contribution in [0.1, 0.15) is 76.2 Å². The Balaban J connectivity index is 1.99. The van der Waals surface area contributed by atoms with Gasteiger partial charge in [0.2, 0.25) is 0 Å². The standard InChI is InChI=1S/C19H29NO/c1-18(2)9-10-19(3,4)15-12-13(7-8-14(15)18)17(21)16-6-5-11-20-16/h7-8,12,16-17,20-21H,5-6,9-11H2,1-4H3. The van der Waals surface area contributed by atoms with Gasteiger partial charge >= 0.3 is 0 Å². The fourth-order valence-electron chi connectivity index (χ4n) is 4.00. The minimum absolute atomic E-state index is 0.212. The zero-order chi connectivity index (χ0) is 15.3. The quantitative estimate of drug-likeness (QED) is 0.866. The lowest BCUT2D eigenvalue weighted by Gasteiger charge is -2.42. The summed E-state index contributed by atoms with van der Waals surface area (Å²) >= 11 is 0. The Labute approximate surface area is 129 Å². The van der Waals surface area contributed by atoms with Crippen LogP contribution in [0.15, 0.2) is 18.2 Å². The number of hydrogen-bond donors (Lipinski definition) is 2. The van der Waals surface area contributed by atoms with Gasteiger partial charge in [-0.2, -0.15) is 0 Å². The average molecular weight is 287 g/mol. The first-order valence-corrected chi connectivity index (χ1v) is 8.38. The molecule has 1 heterocycles. The Bertz CT molecular complexity index is 526. The average Bonchev–Trinajstić information content (AvgIpc) is 2.97. The molecule has 2 aliphatic rings. The minimum atomic E-state index is -0.376. The number of fused-ring (bicyclic) bond motifs is 1. The molecule has 1 saturated heterocycles. The lowest BCUT2D eigenvalue weighted by atomic mass is 9.63. The Hall–Kier alpha value is -0.860. The van der Waals surface area contributed by atoms with Crippen molar-refractivity contribution >= 4 is 0 Å². The van der Waals surface area contributed by atoms with Crippen molar-refractivity contribution < 1.29 is 5.11 Å². The largest absolute Gasteiger partial charge is 0.387 e. The zero-order valence-corrected chi connectivity index (χ0v) is 13.9. The molecule has 1 aliphatic heterocycles. The predicted octanol–water partition coefficient (Wildman–Crippen LogP) is 3.82. The van der Waals surface area contributed by atoms with Gasteiger partial charge in [0.1, 0.15) is 0 Å². The summed E-state index contributed by atoms with van der Waals surface area (Å²) in [4.78, 5) is 0. The first kappa shape index (κ1) is 15.1. The fraction of sp³-hybridized carbons (Fsp3) is 0.684. The van der Waals surface area contributed by atoms with E-state index in [0.717, 1.165) is 18.5 Å². The molecule has 0 radical (unpaired) electrons. The van der Waals surface area contributed by atoms with Crippen molar-refractivity contribution in [2.75, 3.05) is 6.54 Å². The third kappa shape index (κ3) is 2.64. The Morgan fingerprint density at radius 1 is 1.10 bits per heavy atom. The normalized spacial score (nSPS) is 28.1. The van der Waals surface area contributed by atoms with E-state index in [2.05, 4.69) is 51.2 Å². The number of nitrogens with one attached hydrogen (secondary N) is 1. The monoisotopic (exact) mass is 287 g/mol. The second-order valence-corrected chi connectivity index (χ2v) is 8.22. The number of aliphatic hydroxyl groups excluding tert-OH is 1. The van der Waals surface area contributed by atoms with Crippen LogP contribution in [0.25, 0.3) is 0 Å². The van der Waals surface area contributed by atoms with E-state index in [1.165, 1.54) is 30.4 Å². The van der Waals surface area contributed by atoms with Gasteiger partial charge in [0, 0.05) is 6.04 Å². The second kappa shape index (κ2) is 5.10. The number of hydrogen-bond acceptors (Lipinski definition) is 2. The first-order chi connectivity index (χ1) is 9.81. The molecule has 2 nitrogen and oxygen atoms in total. The van der Waals surface area contributed by atoms with Crippen LogP contribution in [0.4, 0.5) is 0 Å². The maximum absolute atomic E-state index is 10.7. The lowest BCUT2D eigenvalue weighted by Crippen LogP contribution is -2.34. The number of rotatable bonds is 2. The van der Waals surface area contributed by atoms with E-state index in [0.29, 0.717) is 0 Å². The maximum Gasteiger partial charge on any atom is 0.0943 e. The van der Waals surface area contributed by atoms with E-state index in [-0.39, 0.29) is 23.0 Å². The summed E-state index contributed by atoms with van der Waals surface area (Å²) in [6.45, 7) is 10.4. The summed E-state index contributed by atoms with van der Waals surface area (Å²) < 4.78 is 0. The van der Waals surface area contributed by atoms with E-state index in [1.807, 2.05) is 0 Å². The van der Waals surface area contributed by atoms with Crippen LogP contribution in [0.5, 0.6) is 0 Å². The molecule has 2 heteroatoms. The van der Waals surface area contributed by atoms with Crippen LogP contribution in [-0.4, -0.2) is 17.7 Å². The van der Waals surface area contributed by atoms with Crippen molar-refractivity contribution in [2.45, 2.75) is 76.4 Å². The fourth-order valence-corrected chi connectivity index (χ4v) is 4.00. The van der Waals surface area contributed by atoms with Gasteiger partial charge in [-0.15, -0.1) is 0 Å². The summed E-state index contributed by atoms with van der Waals surface area (Å²) in [6, 6.07) is 6.92. The second-order valence-electron chi connectivity index (χ2n) is 8.22. The van der Waals surface area contributed by atoms with Crippen LogP contribution in [-0.2, 0) is 10.8 Å². The molecule has 1 fully saturated rings. The molecule has 2 unspecified atom stereocenters. The highest BCUT2D eigenvalue weighted by molar-refractivity contribution is 5.44. The van der Waals surface area contributed by atoms with Crippen molar-refractivity contribution in [2.24, 2.45) is 0 Å². The molecule has 1 aromatic rings. The molecular formula is C19H29NO. The van der Waals surface area contributed by atoms with E-state index >= 15 is 0 Å². The van der Waals surface area contributed by atoms with Gasteiger partial charge in [0.05, 0.1) is 6.10 Å². The summed E-state index contributed by atoms with van der Waals surface area (Å²) in [5.74, 6) is 0. The van der Waals surface area contributed by atoms with E-state index in [9.17, 15) is 5.11 Å². The van der Waals surface area contributed by atoms with Crippen LogP contribution in [0.3, 0.4) is 0 Å². The summed E-state index contributed by atoms with van der Waals surface area (Å²) in [6.07, 6.45) is 4.32. The van der Waals surface area contributed by atoms with Gasteiger partial charge in [-0.1, -0.05) is 45.9 Å². The Morgan fingerprint density at radius 2 is 1.76 bits per heavy atom. The predicted molar refractivity (Wildman–Crippen MR) is 87.7 cm³/mol. The molecule has 0 aromatic heterocycles. The molecule has 116 valence electrons. The van der Waals surface area contributed by atoms with Crippen LogP contribution in [0, 0.1) is 0 Å². The number of benzene rings is 1. The summed E-state index contributed by atoms with van der Waals surface area (Å²) in [7, 11) is 0. The minimum Gasteiger partial charge on any atom is -0.387 e. The molecule has 2 N–H and O–H groups in total. The van der Waals surface area contributed by atoms with Gasteiger partial charge in [-0.25, -0.2) is 0 Å². The van der Waals surface area contributed by atoms with Gasteiger partial charge < -0.3 is 10.4 Å². The van der Waals surface area contributed by atoms with Gasteiger partial charge in [0.25, 0.3) is 0 Å². The molecular weight excluding hydrogens is 258 g/mol. The van der Waals surface area contributed by atoms with Crippen molar-refractivity contribution in [1.82, 2.24) is 5.32 Å². The smallest absolute Gasteiger partial charge is 0.0943 e. The Morgan fingerprint density at radius 3 is 2.38 bits per heavy atom. The molecule has 21 heavy (non-hydrogen) atoms. The van der Waals surface area contributed by atoms with Crippen molar-refractivity contribution in [3.8, 4) is 0 Å². The molecule has 0 spiro atoms. The van der Waals surface area contributed by atoms with E-state index in [1.54, 1.807) is 0 Å². The van der Waals surface area contributed by atoms with Crippen LogP contribution in [0.2, 0.25) is 0 Å². The first-order valence-electron chi connectivity index (χ1n) is 8.38. The zero-order valence-electron chi connectivity index (χ0n) is 13.9. The summed E-state index contributed by atoms with van der Waals surface area (Å²) in [5, 5.41) is 14.1. The molecule has 1 aliphatic carbocycles. The maximum atomic E-state index is 10.7. The summed E-state index contributed by atoms with van der Waals surface area (Å²) in [5.41, 5.74) is 4.45. The van der Waals surface area contributed by atoms with Gasteiger partial charge in [-0.05, 0) is 59.7 Å². The molecule has 3 rings (SSSR count). The van der Waals surface area contributed by atoms with Crippen molar-refractivity contribution in [3.05, 3.63) is 34.9 Å². The highest BCUT2D eigenvalue weighted by Gasteiger charge is 2.37.